The third kappa shape index (κ3) is 4.46. The normalized spacial score (nSPS) is 12.1. The number of sulfonamides is 1. The smallest absolute Gasteiger partial charge is 0.452 e. The lowest BCUT2D eigenvalue weighted by Crippen LogP contribution is -2.15. The maximum absolute atomic E-state index is 13.3. The largest absolute Gasteiger partial charge is 0.497 e. The highest BCUT2D eigenvalue weighted by Gasteiger charge is 2.37. The molecule has 0 atom stereocenters. The topological polar surface area (TPSA) is 90.7 Å². The van der Waals surface area contributed by atoms with Gasteiger partial charge in [0.05, 0.1) is 19.2 Å². The molecular formula is C18H16ClF3N2O5S2. The van der Waals surface area contributed by atoms with Crippen LogP contribution in [-0.2, 0) is 16.2 Å². The minimum Gasteiger partial charge on any atom is -0.497 e. The predicted molar refractivity (Wildman–Crippen MR) is 110 cm³/mol. The molecule has 0 aliphatic carbocycles. The summed E-state index contributed by atoms with van der Waals surface area (Å²) in [5, 5.41) is 3.44. The van der Waals surface area contributed by atoms with Crippen molar-refractivity contribution in [3.63, 3.8) is 0 Å². The summed E-state index contributed by atoms with van der Waals surface area (Å²) in [5.41, 5.74) is -0.282. The Balaban J connectivity index is 2.13. The number of benzene rings is 1. The molecule has 0 radical (unpaired) electrons. The summed E-state index contributed by atoms with van der Waals surface area (Å²) >= 11 is 7.30. The van der Waals surface area contributed by atoms with Crippen LogP contribution in [0.5, 0.6) is 11.5 Å². The first-order valence-corrected chi connectivity index (χ1v) is 11.2. The van der Waals surface area contributed by atoms with Gasteiger partial charge in [0.2, 0.25) is 5.76 Å². The van der Waals surface area contributed by atoms with Gasteiger partial charge < -0.3 is 14.0 Å². The van der Waals surface area contributed by atoms with Crippen molar-refractivity contribution >= 4 is 38.6 Å². The summed E-state index contributed by atoms with van der Waals surface area (Å²) in [5.74, 6) is -0.892. The Labute approximate surface area is 184 Å². The fourth-order valence-electron chi connectivity index (χ4n) is 2.93. The van der Waals surface area contributed by atoms with E-state index in [-0.39, 0.29) is 32.6 Å². The number of ether oxygens (including phenoxy) is 2. The number of aryl methyl sites for hydroxylation is 2. The first-order valence-electron chi connectivity index (χ1n) is 8.47. The van der Waals surface area contributed by atoms with E-state index in [9.17, 15) is 21.6 Å². The molecule has 0 saturated carbocycles. The first-order chi connectivity index (χ1) is 14.4. The average molecular weight is 497 g/mol. The van der Waals surface area contributed by atoms with Gasteiger partial charge in [0.15, 0.2) is 0 Å². The van der Waals surface area contributed by atoms with E-state index < -0.39 is 22.0 Å². The van der Waals surface area contributed by atoms with Crippen molar-refractivity contribution in [3.8, 4) is 22.8 Å². The van der Waals surface area contributed by atoms with Gasteiger partial charge >= 0.3 is 6.18 Å². The van der Waals surface area contributed by atoms with E-state index in [2.05, 4.69) is 14.4 Å². The number of nitrogens with zero attached hydrogens (tertiary/aromatic N) is 1. The van der Waals surface area contributed by atoms with Crippen LogP contribution in [0, 0.1) is 13.8 Å². The summed E-state index contributed by atoms with van der Waals surface area (Å²) in [6.07, 6.45) is -4.76. The van der Waals surface area contributed by atoms with Crippen LogP contribution in [0.3, 0.4) is 0 Å². The van der Waals surface area contributed by atoms with Crippen molar-refractivity contribution in [1.82, 2.24) is 5.16 Å². The molecule has 0 amide bonds. The highest BCUT2D eigenvalue weighted by atomic mass is 35.5. The Morgan fingerprint density at radius 2 is 1.81 bits per heavy atom. The van der Waals surface area contributed by atoms with Gasteiger partial charge in [-0.3, -0.25) is 4.72 Å². The molecule has 0 spiro atoms. The molecular weight excluding hydrogens is 481 g/mol. The summed E-state index contributed by atoms with van der Waals surface area (Å²) in [4.78, 5) is 0.568. The molecule has 2 aromatic heterocycles. The zero-order valence-corrected chi connectivity index (χ0v) is 18.9. The molecule has 0 bridgehead atoms. The van der Waals surface area contributed by atoms with E-state index in [0.717, 1.165) is 11.3 Å². The number of anilines is 1. The lowest BCUT2D eigenvalue weighted by atomic mass is 10.1. The third-order valence-electron chi connectivity index (χ3n) is 4.24. The van der Waals surface area contributed by atoms with Crippen LogP contribution in [0.4, 0.5) is 18.9 Å². The number of hydrogen-bond acceptors (Lipinski definition) is 7. The fraction of sp³-hybridized carbons (Fsp3) is 0.278. The Bertz CT molecular complexity index is 1240. The van der Waals surface area contributed by atoms with E-state index in [0.29, 0.717) is 21.6 Å². The quantitative estimate of drug-likeness (QED) is 0.484. The maximum atomic E-state index is 13.3. The summed E-state index contributed by atoms with van der Waals surface area (Å²) in [6, 6.07) is 3.49. The average Bonchev–Trinajstić information content (AvgIpc) is 3.27. The minimum absolute atomic E-state index is 0.00623. The SMILES string of the molecule is COc1cc(Cl)c(NS(=O)(=O)c2c(C)sc(C)c2-c2cc(C(F)(F)F)on2)c(OC)c1. The van der Waals surface area contributed by atoms with Crippen molar-refractivity contribution in [1.29, 1.82) is 0 Å². The number of alkyl halides is 3. The van der Waals surface area contributed by atoms with E-state index in [1.807, 2.05) is 0 Å². The predicted octanol–water partition coefficient (Wildman–Crippen LogP) is 5.51. The Morgan fingerprint density at radius 1 is 1.13 bits per heavy atom. The molecule has 31 heavy (non-hydrogen) atoms. The van der Waals surface area contributed by atoms with Crippen molar-refractivity contribution < 1.29 is 35.6 Å². The van der Waals surface area contributed by atoms with Gasteiger partial charge in [0, 0.05) is 33.5 Å². The van der Waals surface area contributed by atoms with Gasteiger partial charge in [-0.2, -0.15) is 13.2 Å². The van der Waals surface area contributed by atoms with Gasteiger partial charge in [-0.15, -0.1) is 11.3 Å². The summed E-state index contributed by atoms with van der Waals surface area (Å²) in [6.45, 7) is 3.11. The number of methoxy groups -OCH3 is 2. The Hall–Kier alpha value is -2.44. The fourth-order valence-corrected chi connectivity index (χ4v) is 6.20. The number of nitrogens with one attached hydrogen (secondary N) is 1. The molecule has 0 aliphatic rings. The van der Waals surface area contributed by atoms with Crippen LogP contribution < -0.4 is 14.2 Å². The molecule has 1 aromatic carbocycles. The van der Waals surface area contributed by atoms with Crippen molar-refractivity contribution in [3.05, 3.63) is 38.7 Å². The van der Waals surface area contributed by atoms with Crippen LogP contribution >= 0.6 is 22.9 Å². The van der Waals surface area contributed by atoms with Crippen LogP contribution in [0.25, 0.3) is 11.3 Å². The molecule has 7 nitrogen and oxygen atoms in total. The maximum Gasteiger partial charge on any atom is 0.452 e. The van der Waals surface area contributed by atoms with E-state index in [1.54, 1.807) is 6.92 Å². The lowest BCUT2D eigenvalue weighted by Gasteiger charge is -2.15. The number of hydrogen-bond donors (Lipinski definition) is 1. The van der Waals surface area contributed by atoms with Crippen molar-refractivity contribution in [2.24, 2.45) is 0 Å². The summed E-state index contributed by atoms with van der Waals surface area (Å²) < 4.78 is 82.4. The van der Waals surface area contributed by atoms with Gasteiger partial charge in [0.1, 0.15) is 27.8 Å². The number of thiophene rings is 1. The van der Waals surface area contributed by atoms with Gasteiger partial charge in [-0.25, -0.2) is 8.42 Å². The molecule has 0 aliphatic heterocycles. The highest BCUT2D eigenvalue weighted by molar-refractivity contribution is 7.93. The first kappa shape index (κ1) is 23.2. The van der Waals surface area contributed by atoms with Crippen LogP contribution in [0.1, 0.15) is 15.5 Å². The van der Waals surface area contributed by atoms with Gasteiger partial charge in [-0.1, -0.05) is 16.8 Å². The molecule has 3 rings (SSSR count). The number of aromatic nitrogens is 1. The molecule has 1 N–H and O–H groups in total. The van der Waals surface area contributed by atoms with E-state index >= 15 is 0 Å². The standard InChI is InChI=1S/C18H16ClF3N2O5S2/c1-8-15(12-7-14(29-23-12)18(20,21)22)17(9(2)30-8)31(25,26)24-16-11(19)5-10(27-3)6-13(16)28-4/h5-7,24H,1-4H3. The van der Waals surface area contributed by atoms with E-state index in [1.165, 1.54) is 33.3 Å². The Morgan fingerprint density at radius 3 is 2.35 bits per heavy atom. The molecule has 0 fully saturated rings. The molecule has 0 unspecified atom stereocenters. The van der Waals surface area contributed by atoms with Crippen LogP contribution in [0.15, 0.2) is 27.6 Å². The third-order valence-corrected chi connectivity index (χ3v) is 7.21. The van der Waals surface area contributed by atoms with E-state index in [4.69, 9.17) is 21.1 Å². The summed E-state index contributed by atoms with van der Waals surface area (Å²) in [7, 11) is -1.58. The van der Waals surface area contributed by atoms with Gasteiger partial charge in [0.25, 0.3) is 10.0 Å². The second-order valence-corrected chi connectivity index (χ2v) is 9.74. The van der Waals surface area contributed by atoms with Crippen molar-refractivity contribution in [2.45, 2.75) is 24.9 Å². The van der Waals surface area contributed by atoms with Crippen molar-refractivity contribution in [2.75, 3.05) is 18.9 Å². The molecule has 3 aromatic rings. The highest BCUT2D eigenvalue weighted by Crippen LogP contribution is 2.43. The zero-order chi connectivity index (χ0) is 23.1. The number of rotatable bonds is 6. The molecule has 0 saturated heterocycles. The molecule has 168 valence electrons. The monoisotopic (exact) mass is 496 g/mol. The number of halogens is 4. The van der Waals surface area contributed by atoms with Crippen LogP contribution in [-0.4, -0.2) is 27.8 Å². The second-order valence-electron chi connectivity index (χ2n) is 6.28. The minimum atomic E-state index is -4.76. The Kier molecular flexibility index (Phi) is 6.18. The van der Waals surface area contributed by atoms with Crippen LogP contribution in [0.2, 0.25) is 5.02 Å². The van der Waals surface area contributed by atoms with Gasteiger partial charge in [-0.05, 0) is 13.8 Å². The molecule has 2 heterocycles. The zero-order valence-electron chi connectivity index (χ0n) is 16.5. The lowest BCUT2D eigenvalue weighted by molar-refractivity contribution is -0.155. The second kappa shape index (κ2) is 8.24. The molecule has 13 heteroatoms.